The number of amides is 1. The van der Waals surface area contributed by atoms with Gasteiger partial charge in [0.1, 0.15) is 5.82 Å². The topological polar surface area (TPSA) is 120 Å². The summed E-state index contributed by atoms with van der Waals surface area (Å²) in [4.78, 5) is 26.2. The molecule has 1 aromatic rings. The number of nitrogens with one attached hydrogen (secondary N) is 1. The number of anilines is 2. The minimum absolute atomic E-state index is 0.236. The predicted molar refractivity (Wildman–Crippen MR) is 71.5 cm³/mol. The number of nitrogens with zero attached hydrogens (tertiary/aromatic N) is 1. The molecule has 19 heavy (non-hydrogen) atoms. The Kier molecular flexibility index (Phi) is 5.59. The minimum atomic E-state index is -0.484. The molecule has 0 aliphatic rings. The number of pyridine rings is 1. The molecule has 1 heterocycles. The quantitative estimate of drug-likeness (QED) is 0.488. The van der Waals surface area contributed by atoms with Gasteiger partial charge in [0.15, 0.2) is 0 Å². The van der Waals surface area contributed by atoms with Crippen LogP contribution in [-0.4, -0.2) is 30.0 Å². The van der Waals surface area contributed by atoms with Crippen molar-refractivity contribution in [2.24, 2.45) is 5.73 Å². The highest BCUT2D eigenvalue weighted by molar-refractivity contribution is 5.97. The van der Waals surface area contributed by atoms with Crippen molar-refractivity contribution in [3.8, 4) is 0 Å². The molecule has 0 aliphatic heterocycles. The van der Waals surface area contributed by atoms with Crippen LogP contribution in [0.2, 0.25) is 0 Å². The minimum Gasteiger partial charge on any atom is -0.462 e. The summed E-state index contributed by atoms with van der Waals surface area (Å²) in [6.07, 6.45) is 2.32. The van der Waals surface area contributed by atoms with Crippen LogP contribution in [0.15, 0.2) is 12.3 Å². The van der Waals surface area contributed by atoms with Crippen molar-refractivity contribution >= 4 is 23.4 Å². The molecule has 0 bridgehead atoms. The van der Waals surface area contributed by atoms with Gasteiger partial charge in [0.2, 0.25) is 5.91 Å². The van der Waals surface area contributed by atoms with E-state index in [0.717, 1.165) is 0 Å². The molecule has 0 aliphatic carbocycles. The van der Waals surface area contributed by atoms with E-state index >= 15 is 0 Å². The third kappa shape index (κ3) is 4.46. The maximum absolute atomic E-state index is 11.6. The van der Waals surface area contributed by atoms with Gasteiger partial charge in [-0.25, -0.2) is 9.78 Å². The van der Waals surface area contributed by atoms with E-state index in [4.69, 9.17) is 16.2 Å². The highest BCUT2D eigenvalue weighted by Gasteiger charge is 2.14. The number of hydrogen-bond donors (Lipinski definition) is 3. The number of ether oxygens (including phenoxy) is 1. The van der Waals surface area contributed by atoms with E-state index < -0.39 is 5.97 Å². The zero-order chi connectivity index (χ0) is 14.3. The molecule has 1 aromatic heterocycles. The molecule has 0 spiro atoms. The molecule has 0 saturated heterocycles. The van der Waals surface area contributed by atoms with E-state index in [2.05, 4.69) is 10.3 Å². The van der Waals surface area contributed by atoms with Crippen LogP contribution in [0.3, 0.4) is 0 Å². The van der Waals surface area contributed by atoms with Crippen LogP contribution in [0.5, 0.6) is 0 Å². The molecule has 7 heteroatoms. The summed E-state index contributed by atoms with van der Waals surface area (Å²) >= 11 is 0. The third-order valence-electron chi connectivity index (χ3n) is 2.38. The van der Waals surface area contributed by atoms with Crippen LogP contribution >= 0.6 is 0 Å². The van der Waals surface area contributed by atoms with Gasteiger partial charge in [-0.15, -0.1) is 0 Å². The number of rotatable bonds is 7. The summed E-state index contributed by atoms with van der Waals surface area (Å²) in [7, 11) is 0. The van der Waals surface area contributed by atoms with Gasteiger partial charge in [0.25, 0.3) is 0 Å². The Morgan fingerprint density at radius 1 is 1.47 bits per heavy atom. The normalized spacial score (nSPS) is 9.95. The Bertz CT molecular complexity index is 462. The van der Waals surface area contributed by atoms with Crippen molar-refractivity contribution in [2.45, 2.75) is 19.8 Å². The van der Waals surface area contributed by atoms with Gasteiger partial charge in [-0.3, -0.25) is 4.79 Å². The van der Waals surface area contributed by atoms with E-state index in [1.165, 1.54) is 12.3 Å². The molecule has 0 atom stereocenters. The van der Waals surface area contributed by atoms with E-state index in [1.54, 1.807) is 6.92 Å². The van der Waals surface area contributed by atoms with Crippen molar-refractivity contribution in [1.82, 2.24) is 4.98 Å². The average molecular weight is 266 g/mol. The molecular formula is C12H18N4O3. The summed E-state index contributed by atoms with van der Waals surface area (Å²) in [5.41, 5.74) is 11.4. The number of carbonyl (C=O) groups is 2. The second-order valence-electron chi connectivity index (χ2n) is 3.84. The van der Waals surface area contributed by atoms with Crippen molar-refractivity contribution in [3.63, 3.8) is 0 Å². The first kappa shape index (κ1) is 14.7. The Balaban J connectivity index is 2.66. The van der Waals surface area contributed by atoms with E-state index in [9.17, 15) is 9.59 Å². The Labute approximate surface area is 111 Å². The fourth-order valence-electron chi connectivity index (χ4n) is 1.47. The van der Waals surface area contributed by atoms with E-state index in [0.29, 0.717) is 18.8 Å². The van der Waals surface area contributed by atoms with Gasteiger partial charge in [0.05, 0.1) is 17.9 Å². The van der Waals surface area contributed by atoms with Crippen molar-refractivity contribution in [3.05, 3.63) is 17.8 Å². The molecule has 104 valence electrons. The summed E-state index contributed by atoms with van der Waals surface area (Å²) in [6, 6.07) is 1.50. The highest BCUT2D eigenvalue weighted by Crippen LogP contribution is 2.20. The Morgan fingerprint density at radius 3 is 2.84 bits per heavy atom. The lowest BCUT2D eigenvalue weighted by Gasteiger charge is -2.10. The number of nitrogen functional groups attached to an aromatic ring is 1. The van der Waals surface area contributed by atoms with Crippen LogP contribution in [0.1, 0.15) is 30.1 Å². The van der Waals surface area contributed by atoms with Crippen molar-refractivity contribution < 1.29 is 14.3 Å². The molecule has 0 saturated carbocycles. The van der Waals surface area contributed by atoms with Crippen LogP contribution < -0.4 is 16.8 Å². The first-order chi connectivity index (χ1) is 9.06. The maximum atomic E-state index is 11.6. The summed E-state index contributed by atoms with van der Waals surface area (Å²) in [5.74, 6) is -0.444. The van der Waals surface area contributed by atoms with E-state index in [1.807, 2.05) is 0 Å². The first-order valence-electron chi connectivity index (χ1n) is 6.00. The number of nitrogens with two attached hydrogens (primary N) is 2. The molecule has 7 nitrogen and oxygen atoms in total. The zero-order valence-corrected chi connectivity index (χ0v) is 10.8. The molecule has 5 N–H and O–H groups in total. The molecule has 0 radical (unpaired) electrons. The second kappa shape index (κ2) is 7.20. The van der Waals surface area contributed by atoms with Gasteiger partial charge in [-0.2, -0.15) is 0 Å². The lowest BCUT2D eigenvalue weighted by Crippen LogP contribution is -2.15. The number of hydrogen-bond acceptors (Lipinski definition) is 6. The van der Waals surface area contributed by atoms with Gasteiger partial charge < -0.3 is 21.5 Å². The maximum Gasteiger partial charge on any atom is 0.340 e. The van der Waals surface area contributed by atoms with Crippen LogP contribution in [0, 0.1) is 0 Å². The van der Waals surface area contributed by atoms with E-state index in [-0.39, 0.29) is 30.2 Å². The number of aromatic nitrogens is 1. The zero-order valence-electron chi connectivity index (χ0n) is 10.8. The summed E-state index contributed by atoms with van der Waals surface area (Å²) in [6.45, 7) is 2.49. The van der Waals surface area contributed by atoms with Crippen LogP contribution in [0.25, 0.3) is 0 Å². The molecule has 0 fully saturated rings. The van der Waals surface area contributed by atoms with Gasteiger partial charge in [-0.1, -0.05) is 0 Å². The molecular weight excluding hydrogens is 248 g/mol. The standard InChI is InChI=1S/C12H18N4O3/c1-2-19-12(18)8-5-7-16-11(10(8)14)15-6-3-4-9(13)17/h5,7H,2-4,6,14H2,1H3,(H2,13,17)(H,15,16). The fraction of sp³-hybridized carbons (Fsp3) is 0.417. The Hall–Kier alpha value is -2.31. The predicted octanol–water partition coefficient (Wildman–Crippen LogP) is 0.518. The molecule has 0 aromatic carbocycles. The third-order valence-corrected chi connectivity index (χ3v) is 2.38. The van der Waals surface area contributed by atoms with Gasteiger partial charge in [-0.05, 0) is 19.4 Å². The largest absolute Gasteiger partial charge is 0.462 e. The van der Waals surface area contributed by atoms with Crippen molar-refractivity contribution in [2.75, 3.05) is 24.2 Å². The van der Waals surface area contributed by atoms with Gasteiger partial charge >= 0.3 is 5.97 Å². The molecule has 0 unspecified atom stereocenters. The second-order valence-corrected chi connectivity index (χ2v) is 3.84. The number of esters is 1. The molecule has 1 amide bonds. The first-order valence-corrected chi connectivity index (χ1v) is 6.00. The fourth-order valence-corrected chi connectivity index (χ4v) is 1.47. The lowest BCUT2D eigenvalue weighted by atomic mass is 10.2. The average Bonchev–Trinajstić information content (AvgIpc) is 2.36. The van der Waals surface area contributed by atoms with Crippen molar-refractivity contribution in [1.29, 1.82) is 0 Å². The Morgan fingerprint density at radius 2 is 2.21 bits per heavy atom. The monoisotopic (exact) mass is 266 g/mol. The van der Waals surface area contributed by atoms with Crippen LogP contribution in [-0.2, 0) is 9.53 Å². The lowest BCUT2D eigenvalue weighted by molar-refractivity contribution is -0.118. The van der Waals surface area contributed by atoms with Gasteiger partial charge in [0, 0.05) is 19.2 Å². The highest BCUT2D eigenvalue weighted by atomic mass is 16.5. The smallest absolute Gasteiger partial charge is 0.340 e. The molecule has 1 rings (SSSR count). The number of primary amides is 1. The number of carbonyl (C=O) groups excluding carboxylic acids is 2. The SMILES string of the molecule is CCOC(=O)c1ccnc(NCCCC(N)=O)c1N. The summed E-state index contributed by atoms with van der Waals surface area (Å²) in [5, 5.41) is 2.95. The summed E-state index contributed by atoms with van der Waals surface area (Å²) < 4.78 is 4.89. The van der Waals surface area contributed by atoms with Crippen LogP contribution in [0.4, 0.5) is 11.5 Å².